The van der Waals surface area contributed by atoms with Crippen LogP contribution in [0, 0.1) is 11.3 Å². The molecule has 1 aromatic carbocycles. The maximum atomic E-state index is 11.7. The first-order valence-corrected chi connectivity index (χ1v) is 6.15. The molecule has 0 aliphatic rings. The van der Waals surface area contributed by atoms with Crippen molar-refractivity contribution < 1.29 is 9.53 Å². The molecule has 1 aromatic rings. The highest BCUT2D eigenvalue weighted by Gasteiger charge is 2.10. The minimum atomic E-state index is -0.0636. The Bertz CT molecular complexity index is 454. The van der Waals surface area contributed by atoms with E-state index in [0.29, 0.717) is 18.7 Å². The number of nitriles is 1. The number of nitrogens with one attached hydrogen (secondary N) is 1. The quantitative estimate of drug-likeness (QED) is 0.748. The Balaban J connectivity index is 2.48. The third kappa shape index (κ3) is 4.98. The van der Waals surface area contributed by atoms with E-state index >= 15 is 0 Å². The van der Waals surface area contributed by atoms with Crippen LogP contribution >= 0.6 is 0 Å². The first-order valence-electron chi connectivity index (χ1n) is 6.15. The number of likely N-dealkylation sites (N-methyl/N-ethyl adjacent to an activating group) is 1. The average molecular weight is 261 g/mol. The van der Waals surface area contributed by atoms with Crippen molar-refractivity contribution in [3.8, 4) is 6.07 Å². The fourth-order valence-corrected chi connectivity index (χ4v) is 1.70. The van der Waals surface area contributed by atoms with E-state index in [0.717, 1.165) is 12.1 Å². The fraction of sp³-hybridized carbons (Fsp3) is 0.429. The predicted octanol–water partition coefficient (Wildman–Crippen LogP) is 1.15. The second-order valence-electron chi connectivity index (χ2n) is 4.18. The number of carbonyl (C=O) groups is 1. The van der Waals surface area contributed by atoms with E-state index in [4.69, 9.17) is 10.00 Å². The van der Waals surface area contributed by atoms with Gasteiger partial charge in [-0.05, 0) is 18.6 Å². The van der Waals surface area contributed by atoms with Gasteiger partial charge in [-0.25, -0.2) is 0 Å². The van der Waals surface area contributed by atoms with Crippen molar-refractivity contribution in [1.82, 2.24) is 5.32 Å². The van der Waals surface area contributed by atoms with Crippen LogP contribution in [0.5, 0.6) is 0 Å². The third-order valence-corrected chi connectivity index (χ3v) is 2.66. The Morgan fingerprint density at radius 3 is 2.89 bits per heavy atom. The molecule has 0 spiro atoms. The summed E-state index contributed by atoms with van der Waals surface area (Å²) in [6.45, 7) is 1.46. The summed E-state index contributed by atoms with van der Waals surface area (Å²) in [5, 5.41) is 11.8. The first kappa shape index (κ1) is 15.0. The molecule has 0 saturated heterocycles. The zero-order valence-corrected chi connectivity index (χ0v) is 11.3. The second-order valence-corrected chi connectivity index (χ2v) is 4.18. The van der Waals surface area contributed by atoms with Crippen molar-refractivity contribution in [2.24, 2.45) is 0 Å². The van der Waals surface area contributed by atoms with Gasteiger partial charge in [0.15, 0.2) is 0 Å². The van der Waals surface area contributed by atoms with Crippen LogP contribution in [0.2, 0.25) is 0 Å². The highest BCUT2D eigenvalue weighted by molar-refractivity contribution is 5.81. The molecule has 0 unspecified atom stereocenters. The van der Waals surface area contributed by atoms with Crippen LogP contribution < -0.4 is 10.2 Å². The number of benzene rings is 1. The lowest BCUT2D eigenvalue weighted by molar-refractivity contribution is -0.119. The first-order chi connectivity index (χ1) is 9.19. The molecule has 5 nitrogen and oxygen atoms in total. The number of hydrogen-bond donors (Lipinski definition) is 1. The Labute approximate surface area is 113 Å². The number of anilines is 1. The highest BCUT2D eigenvalue weighted by Crippen LogP contribution is 2.17. The van der Waals surface area contributed by atoms with Gasteiger partial charge in [-0.1, -0.05) is 12.1 Å². The van der Waals surface area contributed by atoms with E-state index < -0.39 is 0 Å². The van der Waals surface area contributed by atoms with Crippen molar-refractivity contribution in [2.45, 2.75) is 6.42 Å². The minimum absolute atomic E-state index is 0.0636. The largest absolute Gasteiger partial charge is 0.385 e. The summed E-state index contributed by atoms with van der Waals surface area (Å²) in [4.78, 5) is 13.5. The van der Waals surface area contributed by atoms with Crippen LogP contribution in [0.15, 0.2) is 24.3 Å². The third-order valence-electron chi connectivity index (χ3n) is 2.66. The number of para-hydroxylation sites is 1. The van der Waals surface area contributed by atoms with Gasteiger partial charge in [-0.15, -0.1) is 0 Å². The second kappa shape index (κ2) is 8.11. The summed E-state index contributed by atoms with van der Waals surface area (Å²) in [7, 11) is 3.43. The number of methoxy groups -OCH3 is 1. The van der Waals surface area contributed by atoms with Crippen LogP contribution in [-0.4, -0.2) is 39.8 Å². The molecule has 0 heterocycles. The molecule has 5 heteroatoms. The lowest BCUT2D eigenvalue weighted by atomic mass is 10.2. The van der Waals surface area contributed by atoms with Gasteiger partial charge in [0.2, 0.25) is 5.91 Å². The molecule has 102 valence electrons. The van der Waals surface area contributed by atoms with Crippen molar-refractivity contribution in [2.75, 3.05) is 38.8 Å². The van der Waals surface area contributed by atoms with Gasteiger partial charge in [0.05, 0.1) is 17.8 Å². The van der Waals surface area contributed by atoms with E-state index in [9.17, 15) is 4.79 Å². The minimum Gasteiger partial charge on any atom is -0.385 e. The van der Waals surface area contributed by atoms with Gasteiger partial charge in [0.1, 0.15) is 6.07 Å². The molecule has 1 rings (SSSR count). The van der Waals surface area contributed by atoms with Crippen molar-refractivity contribution in [3.05, 3.63) is 29.8 Å². The molecule has 19 heavy (non-hydrogen) atoms. The predicted molar refractivity (Wildman–Crippen MR) is 73.9 cm³/mol. The van der Waals surface area contributed by atoms with Gasteiger partial charge < -0.3 is 15.0 Å². The summed E-state index contributed by atoms with van der Waals surface area (Å²) in [5.74, 6) is -0.0636. The monoisotopic (exact) mass is 261 g/mol. The Kier molecular flexibility index (Phi) is 6.41. The summed E-state index contributed by atoms with van der Waals surface area (Å²) >= 11 is 0. The summed E-state index contributed by atoms with van der Waals surface area (Å²) < 4.78 is 4.91. The molecular weight excluding hydrogens is 242 g/mol. The van der Waals surface area contributed by atoms with Crippen LogP contribution in [0.25, 0.3) is 0 Å². The van der Waals surface area contributed by atoms with E-state index in [1.54, 1.807) is 31.2 Å². The summed E-state index contributed by atoms with van der Waals surface area (Å²) in [6, 6.07) is 9.34. The number of nitrogens with zero attached hydrogens (tertiary/aromatic N) is 2. The fourth-order valence-electron chi connectivity index (χ4n) is 1.70. The molecule has 0 aliphatic carbocycles. The summed E-state index contributed by atoms with van der Waals surface area (Å²) in [6.07, 6.45) is 0.792. The van der Waals surface area contributed by atoms with Crippen molar-refractivity contribution >= 4 is 11.6 Å². The zero-order valence-electron chi connectivity index (χ0n) is 11.3. The number of ether oxygens (including phenoxy) is 1. The van der Waals surface area contributed by atoms with Gasteiger partial charge >= 0.3 is 0 Å². The number of rotatable bonds is 7. The van der Waals surface area contributed by atoms with E-state index in [2.05, 4.69) is 11.4 Å². The Morgan fingerprint density at radius 1 is 1.47 bits per heavy atom. The lowest BCUT2D eigenvalue weighted by Gasteiger charge is -2.19. The lowest BCUT2D eigenvalue weighted by Crippen LogP contribution is -2.36. The van der Waals surface area contributed by atoms with Gasteiger partial charge in [-0.2, -0.15) is 5.26 Å². The summed E-state index contributed by atoms with van der Waals surface area (Å²) in [5.41, 5.74) is 1.33. The van der Waals surface area contributed by atoms with Crippen LogP contribution in [-0.2, 0) is 9.53 Å². The van der Waals surface area contributed by atoms with Crippen molar-refractivity contribution in [3.63, 3.8) is 0 Å². The maximum absolute atomic E-state index is 11.7. The van der Waals surface area contributed by atoms with E-state index in [1.807, 2.05) is 12.1 Å². The van der Waals surface area contributed by atoms with E-state index in [1.165, 1.54) is 0 Å². The van der Waals surface area contributed by atoms with Gasteiger partial charge in [-0.3, -0.25) is 4.79 Å². The number of amides is 1. The SMILES string of the molecule is COCCCNC(=O)CN(C)c1ccccc1C#N. The smallest absolute Gasteiger partial charge is 0.239 e. The van der Waals surface area contributed by atoms with Crippen molar-refractivity contribution in [1.29, 1.82) is 5.26 Å². The molecule has 0 aromatic heterocycles. The van der Waals surface area contributed by atoms with Gasteiger partial charge in [0, 0.05) is 27.3 Å². The molecule has 0 bridgehead atoms. The molecular formula is C14H19N3O2. The zero-order chi connectivity index (χ0) is 14.1. The highest BCUT2D eigenvalue weighted by atomic mass is 16.5. The van der Waals surface area contributed by atoms with E-state index in [-0.39, 0.29) is 12.5 Å². The number of hydrogen-bond acceptors (Lipinski definition) is 4. The van der Waals surface area contributed by atoms with Crippen LogP contribution in [0.4, 0.5) is 5.69 Å². The standard InChI is InChI=1S/C14H19N3O2/c1-17(11-14(18)16-8-5-9-19-2)13-7-4-3-6-12(13)10-15/h3-4,6-7H,5,8-9,11H2,1-2H3,(H,16,18). The molecule has 1 amide bonds. The molecule has 0 saturated carbocycles. The number of carbonyl (C=O) groups excluding carboxylic acids is 1. The molecule has 1 N–H and O–H groups in total. The van der Waals surface area contributed by atoms with Crippen LogP contribution in [0.3, 0.4) is 0 Å². The molecule has 0 atom stereocenters. The Hall–Kier alpha value is -2.06. The Morgan fingerprint density at radius 2 is 2.21 bits per heavy atom. The topological polar surface area (TPSA) is 65.4 Å². The molecule has 0 fully saturated rings. The normalized spacial score (nSPS) is 9.74. The molecule has 0 radical (unpaired) electrons. The van der Waals surface area contributed by atoms with Crippen LogP contribution in [0.1, 0.15) is 12.0 Å². The average Bonchev–Trinajstić information content (AvgIpc) is 2.43. The molecule has 0 aliphatic heterocycles. The van der Waals surface area contributed by atoms with Gasteiger partial charge in [0.25, 0.3) is 0 Å². The maximum Gasteiger partial charge on any atom is 0.239 e.